The zero-order chi connectivity index (χ0) is 19.8. The van der Waals surface area contributed by atoms with Gasteiger partial charge < -0.3 is 18.9 Å². The van der Waals surface area contributed by atoms with Gasteiger partial charge in [-0.2, -0.15) is 10.2 Å². The van der Waals surface area contributed by atoms with Gasteiger partial charge in [0, 0.05) is 18.2 Å². The van der Waals surface area contributed by atoms with Crippen molar-refractivity contribution in [2.75, 3.05) is 19.8 Å². The van der Waals surface area contributed by atoms with Gasteiger partial charge in [-0.15, -0.1) is 0 Å². The summed E-state index contributed by atoms with van der Waals surface area (Å²) < 4.78 is 22.4. The number of hydrogen-bond donors (Lipinski definition) is 0. The number of nitrogens with zero attached hydrogens (tertiary/aromatic N) is 2. The van der Waals surface area contributed by atoms with Crippen LogP contribution in [0.5, 0.6) is 17.5 Å². The van der Waals surface area contributed by atoms with E-state index in [1.54, 1.807) is 30.3 Å². The fourth-order valence-electron chi connectivity index (χ4n) is 2.77. The number of hydrogen-bond acceptors (Lipinski definition) is 7. The van der Waals surface area contributed by atoms with E-state index in [0.29, 0.717) is 23.5 Å². The minimum Gasteiger partial charge on any atom is -0.474 e. The molecule has 0 bridgehead atoms. The number of ether oxygens (including phenoxy) is 4. The van der Waals surface area contributed by atoms with Crippen LogP contribution in [0.15, 0.2) is 30.3 Å². The van der Waals surface area contributed by atoms with Gasteiger partial charge in [-0.25, -0.2) is 0 Å². The molecule has 3 rings (SSSR count). The van der Waals surface area contributed by atoms with E-state index in [1.807, 2.05) is 13.9 Å². The quantitative estimate of drug-likeness (QED) is 0.391. The van der Waals surface area contributed by atoms with Crippen LogP contribution >= 0.6 is 0 Å². The van der Waals surface area contributed by atoms with Crippen molar-refractivity contribution in [1.29, 1.82) is 5.26 Å². The summed E-state index contributed by atoms with van der Waals surface area (Å²) in [6, 6.07) is 10.4. The van der Waals surface area contributed by atoms with E-state index in [2.05, 4.69) is 4.98 Å². The molecule has 1 aliphatic heterocycles. The van der Waals surface area contributed by atoms with E-state index >= 15 is 0 Å². The summed E-state index contributed by atoms with van der Waals surface area (Å²) in [6.45, 7) is 1.30. The Morgan fingerprint density at radius 3 is 2.93 bits per heavy atom. The molecule has 1 aliphatic rings. The third kappa shape index (κ3) is 5.32. The highest BCUT2D eigenvalue weighted by Gasteiger charge is 2.14. The fraction of sp³-hybridized carbons (Fsp3) is 0.350. The molecule has 0 spiro atoms. The lowest BCUT2D eigenvalue weighted by molar-refractivity contribution is -0.165. The third-order valence-corrected chi connectivity index (χ3v) is 4.32. The molecule has 0 N–H and O–H groups in total. The van der Waals surface area contributed by atoms with Gasteiger partial charge in [0.2, 0.25) is 11.8 Å². The molecule has 2 heterocycles. The molecule has 1 aromatic heterocycles. The lowest BCUT2D eigenvalue weighted by atomic mass is 9.91. The zero-order valence-corrected chi connectivity index (χ0v) is 15.7. The third-order valence-electron chi connectivity index (χ3n) is 4.32. The molecule has 1 unspecified atom stereocenters. The molecule has 1 aromatic carbocycles. The number of carbonyl (C=O) groups excluding carboxylic acids is 1. The van der Waals surface area contributed by atoms with Crippen LogP contribution < -0.4 is 14.9 Å². The normalized spacial score (nSPS) is 16.2. The van der Waals surface area contributed by atoms with Gasteiger partial charge >= 0.3 is 0 Å². The van der Waals surface area contributed by atoms with Crippen molar-refractivity contribution in [2.45, 2.75) is 25.6 Å². The molecule has 0 amide bonds. The summed E-state index contributed by atoms with van der Waals surface area (Å²) in [5.41, 5.74) is 1.71. The highest BCUT2D eigenvalue weighted by molar-refractivity contribution is 6.35. The summed E-state index contributed by atoms with van der Waals surface area (Å²) in [5.74, 6) is 0.927. The van der Waals surface area contributed by atoms with Crippen LogP contribution in [0.3, 0.4) is 0 Å². The van der Waals surface area contributed by atoms with Crippen LogP contribution in [0.2, 0.25) is 0 Å². The molecule has 0 radical (unpaired) electrons. The van der Waals surface area contributed by atoms with Crippen molar-refractivity contribution in [1.82, 2.24) is 4.98 Å². The minimum absolute atomic E-state index is 0.177. The predicted molar refractivity (Wildman–Crippen MR) is 104 cm³/mol. The van der Waals surface area contributed by atoms with Crippen LogP contribution in [0, 0.1) is 11.3 Å². The topological polar surface area (TPSA) is 90.7 Å². The van der Waals surface area contributed by atoms with Crippen LogP contribution in [-0.4, -0.2) is 45.2 Å². The average Bonchev–Trinajstić information content (AvgIpc) is 2.73. The molecule has 144 valence electrons. The maximum absolute atomic E-state index is 11.1. The van der Waals surface area contributed by atoms with Crippen molar-refractivity contribution in [3.05, 3.63) is 41.5 Å². The van der Waals surface area contributed by atoms with E-state index in [-0.39, 0.29) is 24.7 Å². The molecule has 0 saturated carbocycles. The van der Waals surface area contributed by atoms with Crippen LogP contribution in [0.25, 0.3) is 0 Å². The molecule has 1 atom stereocenters. The molecule has 1 fully saturated rings. The lowest BCUT2D eigenvalue weighted by Crippen LogP contribution is -2.24. The van der Waals surface area contributed by atoms with Gasteiger partial charge in [0.25, 0.3) is 0 Å². The van der Waals surface area contributed by atoms with Crippen molar-refractivity contribution in [2.24, 2.45) is 0 Å². The Bertz CT molecular complexity index is 862. The predicted octanol–water partition coefficient (Wildman–Crippen LogP) is 1.74. The highest BCUT2D eigenvalue weighted by Crippen LogP contribution is 2.24. The van der Waals surface area contributed by atoms with Gasteiger partial charge in [0.1, 0.15) is 38.1 Å². The maximum Gasteiger partial charge on any atom is 0.235 e. The summed E-state index contributed by atoms with van der Waals surface area (Å²) in [5, 5.41) is 9.26. The van der Waals surface area contributed by atoms with Crippen LogP contribution in [-0.2, 0) is 9.47 Å². The van der Waals surface area contributed by atoms with E-state index in [9.17, 15) is 10.1 Å². The summed E-state index contributed by atoms with van der Waals surface area (Å²) in [7, 11) is 1.85. The number of aldehydes is 1. The van der Waals surface area contributed by atoms with Crippen LogP contribution in [0.4, 0.5) is 0 Å². The summed E-state index contributed by atoms with van der Waals surface area (Å²) in [4.78, 5) is 15.3. The highest BCUT2D eigenvalue weighted by atomic mass is 16.7. The van der Waals surface area contributed by atoms with Gasteiger partial charge in [0.15, 0.2) is 6.29 Å². The second-order valence-corrected chi connectivity index (χ2v) is 6.37. The first-order valence-electron chi connectivity index (χ1n) is 9.20. The van der Waals surface area contributed by atoms with Gasteiger partial charge in [-0.1, -0.05) is 11.5 Å². The molecule has 28 heavy (non-hydrogen) atoms. The molecular weight excluding hydrogens is 359 g/mol. The number of aromatic nitrogens is 1. The number of rotatable bonds is 8. The SMILES string of the molecule is Bc1ccc(Oc2ccc(C#N)c(OCCOC3CCCCO3)n2)cc1C=O. The molecule has 1 saturated heterocycles. The molecule has 2 aromatic rings. The first kappa shape index (κ1) is 19.9. The van der Waals surface area contributed by atoms with Gasteiger partial charge in [0.05, 0.1) is 6.61 Å². The monoisotopic (exact) mass is 380 g/mol. The van der Waals surface area contributed by atoms with Crippen molar-refractivity contribution < 1.29 is 23.7 Å². The molecule has 7 nitrogen and oxygen atoms in total. The maximum atomic E-state index is 11.1. The van der Waals surface area contributed by atoms with E-state index in [1.165, 1.54) is 0 Å². The average molecular weight is 380 g/mol. The van der Waals surface area contributed by atoms with Crippen molar-refractivity contribution >= 4 is 19.6 Å². The minimum atomic E-state index is -0.191. The number of pyridine rings is 1. The second-order valence-electron chi connectivity index (χ2n) is 6.37. The number of carbonyl (C=O) groups is 1. The molecular formula is C20H21BN2O5. The first-order valence-corrected chi connectivity index (χ1v) is 9.20. The Balaban J connectivity index is 1.61. The fourth-order valence-corrected chi connectivity index (χ4v) is 2.77. The van der Waals surface area contributed by atoms with E-state index < -0.39 is 0 Å². The lowest BCUT2D eigenvalue weighted by Gasteiger charge is -2.22. The Kier molecular flexibility index (Phi) is 7.01. The van der Waals surface area contributed by atoms with Gasteiger partial charge in [-0.3, -0.25) is 4.79 Å². The van der Waals surface area contributed by atoms with E-state index in [4.69, 9.17) is 18.9 Å². The van der Waals surface area contributed by atoms with E-state index in [0.717, 1.165) is 37.6 Å². The van der Waals surface area contributed by atoms with Crippen molar-refractivity contribution in [3.63, 3.8) is 0 Å². The van der Waals surface area contributed by atoms with Gasteiger partial charge in [-0.05, 0) is 37.5 Å². The smallest absolute Gasteiger partial charge is 0.235 e. The molecule has 8 heteroatoms. The zero-order valence-electron chi connectivity index (χ0n) is 15.7. The Hall–Kier alpha value is -2.89. The first-order chi connectivity index (χ1) is 13.7. The second kappa shape index (κ2) is 9.88. The molecule has 0 aliphatic carbocycles. The standard InChI is InChI=1S/C20H21BN2O5/c21-17-6-5-16(11-15(17)13-24)28-18-7-4-14(12-22)20(23-18)27-10-9-26-19-3-1-2-8-25-19/h4-7,11,13,19H,1-3,8-10,21H2. The number of benzene rings is 1. The largest absolute Gasteiger partial charge is 0.474 e. The van der Waals surface area contributed by atoms with Crippen LogP contribution in [0.1, 0.15) is 35.2 Å². The van der Waals surface area contributed by atoms with Crippen molar-refractivity contribution in [3.8, 4) is 23.6 Å². The summed E-state index contributed by atoms with van der Waals surface area (Å²) >= 11 is 0. The Morgan fingerprint density at radius 2 is 2.18 bits per heavy atom. The summed E-state index contributed by atoms with van der Waals surface area (Å²) in [6.07, 6.45) is 3.62. The Morgan fingerprint density at radius 1 is 1.29 bits per heavy atom. The number of nitriles is 1. The Labute approximate surface area is 164 Å².